The number of rotatable bonds is 5. The second-order valence-electron chi connectivity index (χ2n) is 3.31. The summed E-state index contributed by atoms with van der Waals surface area (Å²) in [6.45, 7) is 3.32. The average Bonchev–Trinajstić information content (AvgIpc) is 2.68. The summed E-state index contributed by atoms with van der Waals surface area (Å²) in [6, 6.07) is 5.79. The van der Waals surface area contributed by atoms with Crippen molar-refractivity contribution >= 4 is 41.0 Å². The van der Waals surface area contributed by atoms with E-state index in [0.29, 0.717) is 19.0 Å². The molecule has 2 rings (SSSR count). The normalized spacial score (nSPS) is 10.0. The molecule has 0 aliphatic rings. The molecule has 1 aromatic carbocycles. The summed E-state index contributed by atoms with van der Waals surface area (Å²) < 4.78 is 5.42. The summed E-state index contributed by atoms with van der Waals surface area (Å²) in [4.78, 5) is 7.54. The monoisotopic (exact) mass is 275 g/mol. The van der Waals surface area contributed by atoms with Gasteiger partial charge in [0.15, 0.2) is 0 Å². The molecule has 0 amide bonds. The van der Waals surface area contributed by atoms with E-state index in [4.69, 9.17) is 16.3 Å². The number of benzene rings is 1. The highest BCUT2D eigenvalue weighted by Crippen LogP contribution is 2.20. The Kier molecular flexibility index (Phi) is 5.38. The van der Waals surface area contributed by atoms with E-state index in [1.54, 1.807) is 0 Å². The molecule has 0 radical (unpaired) electrons. The van der Waals surface area contributed by atoms with E-state index in [-0.39, 0.29) is 12.4 Å². The van der Waals surface area contributed by atoms with Gasteiger partial charge >= 0.3 is 0 Å². The van der Waals surface area contributed by atoms with Gasteiger partial charge in [0.2, 0.25) is 5.95 Å². The predicted octanol–water partition coefficient (Wildman–Crippen LogP) is 3.03. The molecular weight excluding hydrogens is 261 g/mol. The summed E-state index contributed by atoms with van der Waals surface area (Å²) in [5.41, 5.74) is 1.88. The zero-order valence-corrected chi connectivity index (χ0v) is 11.1. The number of hydrogen-bond donors (Lipinski definition) is 2. The lowest BCUT2D eigenvalue weighted by atomic mass is 10.3. The van der Waals surface area contributed by atoms with Crippen LogP contribution in [0.15, 0.2) is 18.2 Å². The molecule has 0 aliphatic carbocycles. The number of hydrogen-bond acceptors (Lipinski definition) is 3. The van der Waals surface area contributed by atoms with Crippen molar-refractivity contribution in [2.75, 3.05) is 24.3 Å². The van der Waals surface area contributed by atoms with Crippen molar-refractivity contribution in [3.8, 4) is 5.75 Å². The third-order valence-corrected chi connectivity index (χ3v) is 2.34. The zero-order valence-electron chi connectivity index (χ0n) is 9.50. The van der Waals surface area contributed by atoms with Gasteiger partial charge < -0.3 is 15.0 Å². The molecule has 0 spiro atoms. The van der Waals surface area contributed by atoms with E-state index in [1.165, 1.54) is 0 Å². The number of halogens is 2. The third-order valence-electron chi connectivity index (χ3n) is 2.15. The molecule has 1 aromatic heterocycles. The highest BCUT2D eigenvalue weighted by Gasteiger charge is 2.03. The van der Waals surface area contributed by atoms with Gasteiger partial charge in [-0.25, -0.2) is 4.98 Å². The number of ether oxygens (including phenoxy) is 1. The maximum atomic E-state index is 5.59. The Bertz CT molecular complexity index is 473. The summed E-state index contributed by atoms with van der Waals surface area (Å²) in [5, 5.41) is 3.10. The van der Waals surface area contributed by atoms with Gasteiger partial charge in [0.25, 0.3) is 0 Å². The van der Waals surface area contributed by atoms with Crippen molar-refractivity contribution in [2.45, 2.75) is 6.92 Å². The average molecular weight is 276 g/mol. The molecule has 0 unspecified atom stereocenters. The van der Waals surface area contributed by atoms with E-state index < -0.39 is 0 Å². The summed E-state index contributed by atoms with van der Waals surface area (Å²) >= 11 is 5.59. The van der Waals surface area contributed by atoms with Crippen molar-refractivity contribution in [2.24, 2.45) is 0 Å². The molecule has 94 valence electrons. The van der Waals surface area contributed by atoms with Gasteiger partial charge in [0.1, 0.15) is 5.75 Å². The van der Waals surface area contributed by atoms with Gasteiger partial charge in [-0.1, -0.05) is 0 Å². The lowest BCUT2D eigenvalue weighted by molar-refractivity contribution is 0.340. The van der Waals surface area contributed by atoms with Crippen LogP contribution in [0.1, 0.15) is 6.92 Å². The van der Waals surface area contributed by atoms with E-state index in [1.807, 2.05) is 25.1 Å². The molecule has 1 heterocycles. The molecule has 4 nitrogen and oxygen atoms in total. The van der Waals surface area contributed by atoms with Crippen molar-refractivity contribution in [3.63, 3.8) is 0 Å². The fraction of sp³-hybridized carbons (Fsp3) is 0.364. The Morgan fingerprint density at radius 1 is 1.47 bits per heavy atom. The zero-order chi connectivity index (χ0) is 11.4. The lowest BCUT2D eigenvalue weighted by Crippen LogP contribution is -2.03. The Balaban J connectivity index is 0.00000144. The van der Waals surface area contributed by atoms with Crippen LogP contribution >= 0.6 is 24.0 Å². The SMILES string of the molecule is CCOc1ccc2nc(NCCCl)[nH]c2c1.Cl. The highest BCUT2D eigenvalue weighted by molar-refractivity contribution is 6.18. The summed E-state index contributed by atoms with van der Waals surface area (Å²) in [5.74, 6) is 2.15. The number of alkyl halides is 1. The Morgan fingerprint density at radius 3 is 3.00 bits per heavy atom. The number of aromatic amines is 1. The molecule has 0 saturated heterocycles. The molecule has 0 atom stereocenters. The number of H-pyrrole nitrogens is 1. The molecule has 0 saturated carbocycles. The van der Waals surface area contributed by atoms with Gasteiger partial charge in [-0.05, 0) is 19.1 Å². The molecule has 17 heavy (non-hydrogen) atoms. The highest BCUT2D eigenvalue weighted by atomic mass is 35.5. The predicted molar refractivity (Wildman–Crippen MR) is 73.7 cm³/mol. The smallest absolute Gasteiger partial charge is 0.201 e. The molecule has 2 N–H and O–H groups in total. The molecule has 6 heteroatoms. The quantitative estimate of drug-likeness (QED) is 0.825. The van der Waals surface area contributed by atoms with Crippen LogP contribution in [0.3, 0.4) is 0 Å². The molecule has 2 aromatic rings. The van der Waals surface area contributed by atoms with Gasteiger partial charge in [-0.15, -0.1) is 24.0 Å². The number of anilines is 1. The van der Waals surface area contributed by atoms with Gasteiger partial charge in [0, 0.05) is 18.5 Å². The van der Waals surface area contributed by atoms with Crippen LogP contribution in [0.2, 0.25) is 0 Å². The second kappa shape index (κ2) is 6.57. The standard InChI is InChI=1S/C11H14ClN3O.ClH/c1-2-16-8-3-4-9-10(7-8)15-11(14-9)13-6-5-12;/h3-4,7H,2,5-6H2,1H3,(H2,13,14,15);1H. The fourth-order valence-corrected chi connectivity index (χ4v) is 1.59. The first-order valence-corrected chi connectivity index (χ1v) is 5.79. The van der Waals surface area contributed by atoms with E-state index in [2.05, 4.69) is 15.3 Å². The molecule has 0 fully saturated rings. The third kappa shape index (κ3) is 3.41. The van der Waals surface area contributed by atoms with E-state index in [9.17, 15) is 0 Å². The second-order valence-corrected chi connectivity index (χ2v) is 3.69. The molecule has 0 aliphatic heterocycles. The Hall–Kier alpha value is -1.13. The van der Waals surface area contributed by atoms with Crippen molar-refractivity contribution in [1.29, 1.82) is 0 Å². The van der Waals surface area contributed by atoms with Crippen LogP contribution in [0.4, 0.5) is 5.95 Å². The minimum atomic E-state index is 0. The van der Waals surface area contributed by atoms with Crippen LogP contribution < -0.4 is 10.1 Å². The number of aromatic nitrogens is 2. The minimum Gasteiger partial charge on any atom is -0.494 e. The Labute approximate surface area is 111 Å². The topological polar surface area (TPSA) is 49.9 Å². The first-order valence-electron chi connectivity index (χ1n) is 5.26. The molecular formula is C11H15Cl2N3O. The lowest BCUT2D eigenvalue weighted by Gasteiger charge is -2.00. The maximum Gasteiger partial charge on any atom is 0.201 e. The van der Waals surface area contributed by atoms with Crippen LogP contribution in [0.25, 0.3) is 11.0 Å². The number of imidazole rings is 1. The number of fused-ring (bicyclic) bond motifs is 1. The van der Waals surface area contributed by atoms with Crippen molar-refractivity contribution in [3.05, 3.63) is 18.2 Å². The van der Waals surface area contributed by atoms with Crippen molar-refractivity contribution in [1.82, 2.24) is 9.97 Å². The van der Waals surface area contributed by atoms with Crippen LogP contribution in [0.5, 0.6) is 5.75 Å². The van der Waals surface area contributed by atoms with Gasteiger partial charge in [0.05, 0.1) is 17.6 Å². The van der Waals surface area contributed by atoms with E-state index >= 15 is 0 Å². The first kappa shape index (κ1) is 13.9. The van der Waals surface area contributed by atoms with Crippen LogP contribution in [0, 0.1) is 0 Å². The van der Waals surface area contributed by atoms with Gasteiger partial charge in [-0.3, -0.25) is 0 Å². The largest absolute Gasteiger partial charge is 0.494 e. The summed E-state index contributed by atoms with van der Waals surface area (Å²) in [7, 11) is 0. The number of nitrogens with one attached hydrogen (secondary N) is 2. The minimum absolute atomic E-state index is 0. The van der Waals surface area contributed by atoms with Crippen LogP contribution in [-0.2, 0) is 0 Å². The van der Waals surface area contributed by atoms with Crippen LogP contribution in [-0.4, -0.2) is 29.0 Å². The molecule has 0 bridgehead atoms. The Morgan fingerprint density at radius 2 is 2.29 bits per heavy atom. The van der Waals surface area contributed by atoms with Crippen molar-refractivity contribution < 1.29 is 4.74 Å². The van der Waals surface area contributed by atoms with E-state index in [0.717, 1.165) is 22.7 Å². The maximum absolute atomic E-state index is 5.59. The number of nitrogens with zero attached hydrogens (tertiary/aromatic N) is 1. The fourth-order valence-electron chi connectivity index (χ4n) is 1.49. The van der Waals surface area contributed by atoms with Gasteiger partial charge in [-0.2, -0.15) is 0 Å². The first-order chi connectivity index (χ1) is 7.83. The summed E-state index contributed by atoms with van der Waals surface area (Å²) in [6.07, 6.45) is 0.